The van der Waals surface area contributed by atoms with Crippen LogP contribution in [0.2, 0.25) is 0 Å². The molecule has 0 unspecified atom stereocenters. The van der Waals surface area contributed by atoms with Crippen molar-refractivity contribution in [2.45, 2.75) is 58.6 Å². The predicted octanol–water partition coefficient (Wildman–Crippen LogP) is 2.19. The maximum absolute atomic E-state index is 12.4. The maximum Gasteiger partial charge on any atom is 0.249 e. The molecule has 2 rings (SSSR count). The Morgan fingerprint density at radius 2 is 1.77 bits per heavy atom. The van der Waals surface area contributed by atoms with E-state index in [1.54, 1.807) is 26.0 Å². The zero-order chi connectivity index (χ0) is 19.3. The highest BCUT2D eigenvalue weighted by atomic mass is 32.2. The third kappa shape index (κ3) is 6.07. The number of carbonyl (C=O) groups is 1. The fourth-order valence-electron chi connectivity index (χ4n) is 3.22. The monoisotopic (exact) mass is 382 g/mol. The van der Waals surface area contributed by atoms with Gasteiger partial charge in [0, 0.05) is 19.2 Å². The van der Waals surface area contributed by atoms with Crippen LogP contribution in [0.5, 0.6) is 0 Å². The molecule has 7 heteroatoms. The number of sulfonamides is 1. The van der Waals surface area contributed by atoms with Gasteiger partial charge in [-0.15, -0.1) is 0 Å². The van der Waals surface area contributed by atoms with E-state index in [2.05, 4.69) is 23.9 Å². The summed E-state index contributed by atoms with van der Waals surface area (Å²) < 4.78 is 32.1. The Balaban J connectivity index is 1.88. The van der Waals surface area contributed by atoms with Crippen molar-refractivity contribution in [3.8, 4) is 0 Å². The first-order valence-corrected chi connectivity index (χ1v) is 10.8. The molecular weight excluding hydrogens is 352 g/mol. The molecule has 2 N–H and O–H groups in total. The number of hydrogen-bond donors (Lipinski definition) is 2. The van der Waals surface area contributed by atoms with Gasteiger partial charge in [-0.2, -0.15) is 0 Å². The molecule has 1 aromatic carbocycles. The third-order valence-electron chi connectivity index (χ3n) is 4.51. The Morgan fingerprint density at radius 3 is 2.35 bits per heavy atom. The Morgan fingerprint density at radius 1 is 1.15 bits per heavy atom. The lowest BCUT2D eigenvalue weighted by Gasteiger charge is -2.21. The van der Waals surface area contributed by atoms with Crippen LogP contribution in [-0.4, -0.2) is 33.1 Å². The fourth-order valence-corrected chi connectivity index (χ4v) is 4.66. The van der Waals surface area contributed by atoms with Crippen molar-refractivity contribution in [1.82, 2.24) is 10.0 Å². The van der Waals surface area contributed by atoms with Gasteiger partial charge < -0.3 is 10.1 Å². The number of amides is 1. The van der Waals surface area contributed by atoms with Crippen molar-refractivity contribution < 1.29 is 17.9 Å². The second kappa shape index (κ2) is 8.97. The van der Waals surface area contributed by atoms with E-state index < -0.39 is 10.0 Å². The first kappa shape index (κ1) is 20.9. The molecule has 1 aliphatic rings. The number of ether oxygens (including phenoxy) is 1. The van der Waals surface area contributed by atoms with E-state index in [0.29, 0.717) is 24.6 Å². The fraction of sp³-hybridized carbons (Fsp3) is 0.632. The molecule has 6 nitrogen and oxygen atoms in total. The molecule has 0 radical (unpaired) electrons. The van der Waals surface area contributed by atoms with Gasteiger partial charge in [-0.05, 0) is 43.2 Å². The van der Waals surface area contributed by atoms with Crippen molar-refractivity contribution in [3.63, 3.8) is 0 Å². The molecular formula is C19H30N2O4S. The molecule has 1 amide bonds. The zero-order valence-corrected chi connectivity index (χ0v) is 16.8. The number of nitrogens with one attached hydrogen (secondary N) is 2. The molecule has 0 saturated carbocycles. The summed E-state index contributed by atoms with van der Waals surface area (Å²) in [6.07, 6.45) is 0.546. The highest BCUT2D eigenvalue weighted by Gasteiger charge is 2.35. The summed E-state index contributed by atoms with van der Waals surface area (Å²) >= 11 is 0. The highest BCUT2D eigenvalue weighted by molar-refractivity contribution is 7.88. The molecule has 26 heavy (non-hydrogen) atoms. The van der Waals surface area contributed by atoms with E-state index in [9.17, 15) is 13.2 Å². The van der Waals surface area contributed by atoms with Gasteiger partial charge in [0.2, 0.25) is 15.9 Å². The van der Waals surface area contributed by atoms with Gasteiger partial charge >= 0.3 is 0 Å². The van der Waals surface area contributed by atoms with Crippen molar-refractivity contribution in [2.75, 3.05) is 6.61 Å². The van der Waals surface area contributed by atoms with Crippen LogP contribution in [0.25, 0.3) is 0 Å². The molecule has 146 valence electrons. The van der Waals surface area contributed by atoms with Crippen LogP contribution in [0.3, 0.4) is 0 Å². The molecule has 0 aromatic heterocycles. The van der Waals surface area contributed by atoms with Crippen LogP contribution in [-0.2, 0) is 31.9 Å². The summed E-state index contributed by atoms with van der Waals surface area (Å²) in [6, 6.07) is 7.13. The summed E-state index contributed by atoms with van der Waals surface area (Å²) in [7, 11) is -3.33. The van der Waals surface area contributed by atoms with Gasteiger partial charge in [0.05, 0.1) is 5.75 Å². The Labute approximate surface area is 156 Å². The summed E-state index contributed by atoms with van der Waals surface area (Å²) in [5.41, 5.74) is 1.64. The van der Waals surface area contributed by atoms with E-state index >= 15 is 0 Å². The zero-order valence-electron chi connectivity index (χ0n) is 16.0. The average Bonchev–Trinajstić information content (AvgIpc) is 3.02. The quantitative estimate of drug-likeness (QED) is 0.722. The van der Waals surface area contributed by atoms with Gasteiger partial charge in [0.1, 0.15) is 6.10 Å². The molecule has 0 aliphatic carbocycles. The third-order valence-corrected chi connectivity index (χ3v) is 6.06. The molecule has 1 fully saturated rings. The molecule has 2 atom stereocenters. The van der Waals surface area contributed by atoms with Crippen molar-refractivity contribution >= 4 is 15.9 Å². The SMILES string of the molecule is CC(C)NS(=O)(=O)Cc1ccc(CNC(=O)[C@@H]2OCC[C@@H]2C(C)C)cc1. The Bertz CT molecular complexity index is 699. The largest absolute Gasteiger partial charge is 0.368 e. The Kier molecular flexibility index (Phi) is 7.20. The number of hydrogen-bond acceptors (Lipinski definition) is 4. The molecule has 1 heterocycles. The van der Waals surface area contributed by atoms with Gasteiger partial charge in [-0.1, -0.05) is 38.1 Å². The van der Waals surface area contributed by atoms with E-state index in [4.69, 9.17) is 4.74 Å². The van der Waals surface area contributed by atoms with Crippen molar-refractivity contribution in [2.24, 2.45) is 11.8 Å². The van der Waals surface area contributed by atoms with Gasteiger partial charge in [-0.25, -0.2) is 13.1 Å². The maximum atomic E-state index is 12.4. The minimum Gasteiger partial charge on any atom is -0.368 e. The molecule has 1 aromatic rings. The van der Waals surface area contributed by atoms with Crippen LogP contribution in [0, 0.1) is 11.8 Å². The average molecular weight is 383 g/mol. The second-order valence-corrected chi connectivity index (χ2v) is 9.31. The first-order chi connectivity index (χ1) is 12.2. The number of carbonyl (C=O) groups excluding carboxylic acids is 1. The second-order valence-electron chi connectivity index (χ2n) is 7.55. The molecule has 1 aliphatic heterocycles. The normalized spacial score (nSPS) is 20.7. The first-order valence-electron chi connectivity index (χ1n) is 9.15. The standard InChI is InChI=1S/C19H30N2O4S/c1-13(2)17-9-10-25-18(17)19(22)20-11-15-5-7-16(8-6-15)12-26(23,24)21-14(3)4/h5-8,13-14,17-18,21H,9-12H2,1-4H3,(H,20,22)/t17-,18-/m1/s1. The minimum atomic E-state index is -3.33. The van der Waals surface area contributed by atoms with Crippen LogP contribution in [0.1, 0.15) is 45.2 Å². The lowest BCUT2D eigenvalue weighted by Crippen LogP contribution is -2.39. The van der Waals surface area contributed by atoms with E-state index in [0.717, 1.165) is 12.0 Å². The highest BCUT2D eigenvalue weighted by Crippen LogP contribution is 2.28. The number of benzene rings is 1. The lowest BCUT2D eigenvalue weighted by molar-refractivity contribution is -0.132. The number of rotatable bonds is 8. The van der Waals surface area contributed by atoms with Crippen LogP contribution in [0.15, 0.2) is 24.3 Å². The van der Waals surface area contributed by atoms with Gasteiger partial charge in [0.25, 0.3) is 0 Å². The minimum absolute atomic E-state index is 0.0518. The van der Waals surface area contributed by atoms with E-state index in [-0.39, 0.29) is 29.7 Å². The summed E-state index contributed by atoms with van der Waals surface area (Å²) in [4.78, 5) is 12.4. The molecule has 1 saturated heterocycles. The lowest BCUT2D eigenvalue weighted by atomic mass is 9.89. The van der Waals surface area contributed by atoms with Gasteiger partial charge in [0.15, 0.2) is 0 Å². The van der Waals surface area contributed by atoms with Crippen molar-refractivity contribution in [3.05, 3.63) is 35.4 Å². The molecule has 0 bridgehead atoms. The van der Waals surface area contributed by atoms with E-state index in [1.807, 2.05) is 12.1 Å². The van der Waals surface area contributed by atoms with Crippen molar-refractivity contribution in [1.29, 1.82) is 0 Å². The van der Waals surface area contributed by atoms with Crippen LogP contribution in [0.4, 0.5) is 0 Å². The van der Waals surface area contributed by atoms with Crippen LogP contribution >= 0.6 is 0 Å². The summed E-state index contributed by atoms with van der Waals surface area (Å²) in [5, 5.41) is 2.93. The summed E-state index contributed by atoms with van der Waals surface area (Å²) in [6.45, 7) is 8.85. The predicted molar refractivity (Wildman–Crippen MR) is 102 cm³/mol. The topological polar surface area (TPSA) is 84.5 Å². The smallest absolute Gasteiger partial charge is 0.249 e. The van der Waals surface area contributed by atoms with Gasteiger partial charge in [-0.3, -0.25) is 4.79 Å². The van der Waals surface area contributed by atoms with Crippen LogP contribution < -0.4 is 10.0 Å². The molecule has 0 spiro atoms. The Hall–Kier alpha value is -1.44. The van der Waals surface area contributed by atoms with E-state index in [1.165, 1.54) is 0 Å². The summed E-state index contributed by atoms with van der Waals surface area (Å²) in [5.74, 6) is 0.544.